The van der Waals surface area contributed by atoms with Crippen molar-refractivity contribution >= 4 is 23.8 Å². The molecule has 1 aromatic carbocycles. The average molecular weight is 490 g/mol. The zero-order valence-corrected chi connectivity index (χ0v) is 22.7. The predicted molar refractivity (Wildman–Crippen MR) is 149 cm³/mol. The number of nitrogens with zero attached hydrogens (tertiary/aromatic N) is 4. The van der Waals surface area contributed by atoms with Gasteiger partial charge in [0.2, 0.25) is 5.89 Å². The molecule has 0 bridgehead atoms. The van der Waals surface area contributed by atoms with Crippen LogP contribution in [0.2, 0.25) is 0 Å². The first-order chi connectivity index (χ1) is 17.2. The quantitative estimate of drug-likeness (QED) is 0.553. The van der Waals surface area contributed by atoms with E-state index in [1.165, 1.54) is 6.42 Å². The van der Waals surface area contributed by atoms with Gasteiger partial charge in [0.15, 0.2) is 0 Å². The monoisotopic (exact) mass is 489 g/mol. The number of anilines is 2. The second-order valence-corrected chi connectivity index (χ2v) is 9.50. The SMILES string of the molecule is C=C(C)/C=c1\c(=C/C)cc(-c2cc(Nc3noc(C4CCCN4C)n3)ccc2C)c(=O)n1C.CCC. The first kappa shape index (κ1) is 27.1. The van der Waals surface area contributed by atoms with E-state index in [9.17, 15) is 4.79 Å². The molecule has 1 N–H and O–H groups in total. The van der Waals surface area contributed by atoms with Gasteiger partial charge >= 0.3 is 0 Å². The fourth-order valence-corrected chi connectivity index (χ4v) is 4.38. The van der Waals surface area contributed by atoms with Crippen molar-refractivity contribution in [3.63, 3.8) is 0 Å². The minimum atomic E-state index is -0.0560. The molecule has 1 fully saturated rings. The van der Waals surface area contributed by atoms with Crippen molar-refractivity contribution in [2.45, 2.75) is 59.9 Å². The molecule has 7 nitrogen and oxygen atoms in total. The maximum Gasteiger partial charge on any atom is 0.267 e. The molecule has 1 atom stereocenters. The van der Waals surface area contributed by atoms with Gasteiger partial charge in [0, 0.05) is 18.3 Å². The van der Waals surface area contributed by atoms with Crippen molar-refractivity contribution in [3.05, 3.63) is 68.8 Å². The van der Waals surface area contributed by atoms with E-state index in [2.05, 4.69) is 47.8 Å². The van der Waals surface area contributed by atoms with E-state index >= 15 is 0 Å². The molecule has 7 heteroatoms. The second-order valence-electron chi connectivity index (χ2n) is 9.50. The van der Waals surface area contributed by atoms with Crippen molar-refractivity contribution in [1.82, 2.24) is 19.6 Å². The highest BCUT2D eigenvalue weighted by Gasteiger charge is 2.27. The number of aryl methyl sites for hydroxylation is 1. The predicted octanol–water partition coefficient (Wildman–Crippen LogP) is 4.83. The first-order valence-electron chi connectivity index (χ1n) is 12.7. The van der Waals surface area contributed by atoms with Crippen LogP contribution >= 0.6 is 0 Å². The van der Waals surface area contributed by atoms with Gasteiger partial charge in [-0.05, 0) is 93.0 Å². The van der Waals surface area contributed by atoms with Crippen molar-refractivity contribution in [2.24, 2.45) is 7.05 Å². The number of pyridine rings is 1. The Morgan fingerprint density at radius 2 is 1.97 bits per heavy atom. The summed E-state index contributed by atoms with van der Waals surface area (Å²) in [7, 11) is 3.87. The Morgan fingerprint density at radius 3 is 2.58 bits per heavy atom. The third-order valence-corrected chi connectivity index (χ3v) is 6.22. The lowest BCUT2D eigenvalue weighted by Crippen LogP contribution is -2.42. The fourth-order valence-electron chi connectivity index (χ4n) is 4.38. The number of likely N-dealkylation sites (tertiary alicyclic amines) is 1. The highest BCUT2D eigenvalue weighted by Crippen LogP contribution is 2.30. The number of allylic oxidation sites excluding steroid dienone is 1. The van der Waals surface area contributed by atoms with E-state index in [-0.39, 0.29) is 11.6 Å². The van der Waals surface area contributed by atoms with Gasteiger partial charge in [0.1, 0.15) is 0 Å². The van der Waals surface area contributed by atoms with Crippen LogP contribution in [-0.2, 0) is 7.05 Å². The second kappa shape index (κ2) is 12.0. The molecule has 0 spiro atoms. The molecule has 192 valence electrons. The Morgan fingerprint density at radius 1 is 1.25 bits per heavy atom. The minimum absolute atomic E-state index is 0.0560. The number of aromatic nitrogens is 3. The van der Waals surface area contributed by atoms with Gasteiger partial charge in [-0.3, -0.25) is 9.69 Å². The lowest BCUT2D eigenvalue weighted by Gasteiger charge is -2.14. The Balaban J connectivity index is 0.00000115. The van der Waals surface area contributed by atoms with E-state index in [0.29, 0.717) is 17.4 Å². The highest BCUT2D eigenvalue weighted by atomic mass is 16.5. The molecule has 3 heterocycles. The van der Waals surface area contributed by atoms with E-state index in [1.54, 1.807) is 11.6 Å². The van der Waals surface area contributed by atoms with Crippen molar-refractivity contribution in [3.8, 4) is 11.1 Å². The number of benzene rings is 1. The molecule has 2 aromatic heterocycles. The molecule has 1 saturated heterocycles. The Hall–Kier alpha value is -3.45. The van der Waals surface area contributed by atoms with Crippen molar-refractivity contribution in [1.29, 1.82) is 0 Å². The van der Waals surface area contributed by atoms with Gasteiger partial charge in [-0.2, -0.15) is 4.98 Å². The van der Waals surface area contributed by atoms with Gasteiger partial charge < -0.3 is 14.4 Å². The summed E-state index contributed by atoms with van der Waals surface area (Å²) in [5.74, 6) is 1.05. The molecular formula is C29H39N5O2. The van der Waals surface area contributed by atoms with Crippen LogP contribution in [0.5, 0.6) is 0 Å². The molecule has 0 amide bonds. The van der Waals surface area contributed by atoms with E-state index < -0.39 is 0 Å². The summed E-state index contributed by atoms with van der Waals surface area (Å²) in [6.07, 6.45) is 7.34. The summed E-state index contributed by atoms with van der Waals surface area (Å²) in [6, 6.07) is 8.03. The summed E-state index contributed by atoms with van der Waals surface area (Å²) in [5.41, 5.74) is 4.16. The molecule has 0 radical (unpaired) electrons. The Labute approximate surface area is 213 Å². The summed E-state index contributed by atoms with van der Waals surface area (Å²) in [4.78, 5) is 20.1. The van der Waals surface area contributed by atoms with Gasteiger partial charge in [-0.25, -0.2) is 0 Å². The number of nitrogens with one attached hydrogen (secondary N) is 1. The summed E-state index contributed by atoms with van der Waals surface area (Å²) in [6.45, 7) is 15.1. The van der Waals surface area contributed by atoms with Crippen LogP contribution < -0.4 is 21.4 Å². The normalized spacial score (nSPS) is 16.7. The Kier molecular flexibility index (Phi) is 9.04. The fraction of sp³-hybridized carbons (Fsp3) is 0.414. The van der Waals surface area contributed by atoms with Crippen LogP contribution in [0.15, 0.2) is 45.7 Å². The summed E-state index contributed by atoms with van der Waals surface area (Å²) < 4.78 is 7.19. The molecule has 1 aliphatic heterocycles. The van der Waals surface area contributed by atoms with Gasteiger partial charge in [0.25, 0.3) is 11.5 Å². The van der Waals surface area contributed by atoms with Crippen LogP contribution in [0.3, 0.4) is 0 Å². The molecule has 3 aromatic rings. The van der Waals surface area contributed by atoms with Crippen LogP contribution in [0.25, 0.3) is 23.3 Å². The van der Waals surface area contributed by atoms with Crippen LogP contribution in [0, 0.1) is 6.92 Å². The van der Waals surface area contributed by atoms with Crippen LogP contribution in [0.4, 0.5) is 11.6 Å². The van der Waals surface area contributed by atoms with Crippen LogP contribution in [0.1, 0.15) is 64.5 Å². The van der Waals surface area contributed by atoms with Gasteiger partial charge in [-0.1, -0.05) is 44.6 Å². The summed E-state index contributed by atoms with van der Waals surface area (Å²) in [5, 5.41) is 9.17. The highest BCUT2D eigenvalue weighted by molar-refractivity contribution is 5.72. The third-order valence-electron chi connectivity index (χ3n) is 6.22. The lowest BCUT2D eigenvalue weighted by molar-refractivity contribution is 0.245. The van der Waals surface area contributed by atoms with Gasteiger partial charge in [-0.15, -0.1) is 0 Å². The zero-order valence-electron chi connectivity index (χ0n) is 22.7. The molecule has 0 aliphatic carbocycles. The third kappa shape index (κ3) is 6.02. The van der Waals surface area contributed by atoms with Crippen LogP contribution in [-0.4, -0.2) is 33.2 Å². The van der Waals surface area contributed by atoms with Crippen molar-refractivity contribution < 1.29 is 4.52 Å². The molecule has 0 saturated carbocycles. The Bertz CT molecular complexity index is 1400. The van der Waals surface area contributed by atoms with Crippen molar-refractivity contribution in [2.75, 3.05) is 18.9 Å². The largest absolute Gasteiger partial charge is 0.336 e. The smallest absolute Gasteiger partial charge is 0.267 e. The topological polar surface area (TPSA) is 76.2 Å². The zero-order chi connectivity index (χ0) is 26.4. The standard InChI is InChI=1S/C26H31N5O2.C3H8/c1-7-18-14-21(25(32)31(6)23(18)13-16(2)3)20-15-19(11-10-17(20)4)27-26-28-24(33-29-26)22-9-8-12-30(22)5;1-3-2/h7,10-11,13-15,22H,2,8-9,12H2,1,3-6H3,(H,27,29);3H2,1-2H3/b18-7-,23-13+;. The molecule has 1 unspecified atom stereocenters. The number of hydrogen-bond donors (Lipinski definition) is 1. The lowest BCUT2D eigenvalue weighted by atomic mass is 10.00. The van der Waals surface area contributed by atoms with E-state index in [4.69, 9.17) is 4.52 Å². The first-order valence-corrected chi connectivity index (χ1v) is 12.7. The molecule has 36 heavy (non-hydrogen) atoms. The molecular weight excluding hydrogens is 450 g/mol. The average Bonchev–Trinajstić information content (AvgIpc) is 3.47. The summed E-state index contributed by atoms with van der Waals surface area (Å²) >= 11 is 0. The van der Waals surface area contributed by atoms with Gasteiger partial charge in [0.05, 0.1) is 11.4 Å². The maximum absolute atomic E-state index is 13.3. The van der Waals surface area contributed by atoms with E-state index in [0.717, 1.165) is 52.3 Å². The molecule has 4 rings (SSSR count). The minimum Gasteiger partial charge on any atom is -0.336 e. The maximum atomic E-state index is 13.3. The molecule has 1 aliphatic rings. The number of hydrogen-bond acceptors (Lipinski definition) is 6. The number of rotatable bonds is 5. The van der Waals surface area contributed by atoms with E-state index in [1.807, 2.05) is 57.2 Å².